The average molecular weight is 297 g/mol. The summed E-state index contributed by atoms with van der Waals surface area (Å²) in [5.41, 5.74) is 1.95. The van der Waals surface area contributed by atoms with Crippen LogP contribution in [-0.4, -0.2) is 0 Å². The van der Waals surface area contributed by atoms with E-state index in [1.54, 1.807) is 6.07 Å². The van der Waals surface area contributed by atoms with Crippen LogP contribution >= 0.6 is 15.9 Å². The van der Waals surface area contributed by atoms with Gasteiger partial charge in [0, 0.05) is 4.47 Å². The van der Waals surface area contributed by atoms with Gasteiger partial charge in [0.25, 0.3) is 0 Å². The second kappa shape index (κ2) is 4.96. The molecule has 0 aliphatic rings. The molecule has 17 heavy (non-hydrogen) atoms. The van der Waals surface area contributed by atoms with E-state index in [1.807, 2.05) is 31.2 Å². The van der Waals surface area contributed by atoms with E-state index in [9.17, 15) is 8.78 Å². The Bertz CT molecular complexity index is 550. The molecule has 0 spiro atoms. The average Bonchev–Trinajstić information content (AvgIpc) is 2.33. The van der Waals surface area contributed by atoms with Crippen LogP contribution in [0.1, 0.15) is 12.5 Å². The summed E-state index contributed by atoms with van der Waals surface area (Å²) in [5, 5.41) is 0. The van der Waals surface area contributed by atoms with Crippen LogP contribution in [0.2, 0.25) is 0 Å². The van der Waals surface area contributed by atoms with Crippen molar-refractivity contribution in [2.75, 3.05) is 0 Å². The molecule has 3 heteroatoms. The molecule has 0 N–H and O–H groups in total. The van der Waals surface area contributed by atoms with Crippen molar-refractivity contribution >= 4 is 15.9 Å². The Morgan fingerprint density at radius 3 is 2.47 bits per heavy atom. The molecule has 88 valence electrons. The second-order valence-corrected chi connectivity index (χ2v) is 4.62. The molecule has 0 aromatic heterocycles. The van der Waals surface area contributed by atoms with Gasteiger partial charge in [0.15, 0.2) is 11.6 Å². The summed E-state index contributed by atoms with van der Waals surface area (Å²) in [4.78, 5) is 0. The van der Waals surface area contributed by atoms with E-state index in [2.05, 4.69) is 15.9 Å². The summed E-state index contributed by atoms with van der Waals surface area (Å²) in [6, 6.07) is 10.4. The minimum Gasteiger partial charge on any atom is -0.204 e. The van der Waals surface area contributed by atoms with E-state index in [4.69, 9.17) is 0 Å². The third-order valence-corrected chi connectivity index (χ3v) is 3.36. The number of hydrogen-bond acceptors (Lipinski definition) is 0. The summed E-state index contributed by atoms with van der Waals surface area (Å²) < 4.78 is 27.7. The molecule has 0 radical (unpaired) electrons. The van der Waals surface area contributed by atoms with Gasteiger partial charge in [-0.3, -0.25) is 0 Å². The Morgan fingerprint density at radius 2 is 1.82 bits per heavy atom. The first-order valence-electron chi connectivity index (χ1n) is 5.36. The molecule has 2 rings (SSSR count). The Kier molecular flexibility index (Phi) is 3.57. The van der Waals surface area contributed by atoms with Gasteiger partial charge in [-0.2, -0.15) is 0 Å². The van der Waals surface area contributed by atoms with Gasteiger partial charge in [0.1, 0.15) is 0 Å². The van der Waals surface area contributed by atoms with Crippen molar-refractivity contribution in [1.82, 2.24) is 0 Å². The summed E-state index contributed by atoms with van der Waals surface area (Å²) in [7, 11) is 0. The largest absolute Gasteiger partial charge is 0.204 e. The van der Waals surface area contributed by atoms with Gasteiger partial charge >= 0.3 is 0 Å². The fourth-order valence-electron chi connectivity index (χ4n) is 1.75. The molecule has 0 amide bonds. The fourth-order valence-corrected chi connectivity index (χ4v) is 2.27. The zero-order chi connectivity index (χ0) is 12.4. The van der Waals surface area contributed by atoms with E-state index in [-0.39, 0.29) is 0 Å². The molecular weight excluding hydrogens is 286 g/mol. The Labute approximate surface area is 107 Å². The van der Waals surface area contributed by atoms with Gasteiger partial charge in [-0.15, -0.1) is 0 Å². The third kappa shape index (κ3) is 2.39. The molecule has 2 aromatic carbocycles. The van der Waals surface area contributed by atoms with Crippen molar-refractivity contribution in [2.45, 2.75) is 13.3 Å². The Morgan fingerprint density at radius 1 is 1.12 bits per heavy atom. The molecule has 0 atom stereocenters. The predicted octanol–water partition coefficient (Wildman–Crippen LogP) is 4.96. The quantitative estimate of drug-likeness (QED) is 0.735. The molecule has 0 fully saturated rings. The summed E-state index contributed by atoms with van der Waals surface area (Å²) in [5.74, 6) is -1.54. The van der Waals surface area contributed by atoms with Crippen LogP contribution in [-0.2, 0) is 6.42 Å². The van der Waals surface area contributed by atoms with Gasteiger partial charge in [0.05, 0.1) is 0 Å². The molecule has 0 nitrogen and oxygen atoms in total. The van der Waals surface area contributed by atoms with E-state index in [0.717, 1.165) is 10.0 Å². The summed E-state index contributed by atoms with van der Waals surface area (Å²) in [6.45, 7) is 1.81. The zero-order valence-electron chi connectivity index (χ0n) is 9.31. The Balaban J connectivity index is 2.61. The molecule has 0 heterocycles. The number of hydrogen-bond donors (Lipinski definition) is 0. The van der Waals surface area contributed by atoms with Crippen LogP contribution < -0.4 is 0 Å². The molecule has 0 unspecified atom stereocenters. The Hall–Kier alpha value is -1.22. The van der Waals surface area contributed by atoms with E-state index >= 15 is 0 Å². The molecule has 0 aliphatic carbocycles. The van der Waals surface area contributed by atoms with Crippen LogP contribution in [0.25, 0.3) is 11.1 Å². The topological polar surface area (TPSA) is 0 Å². The molecule has 0 bridgehead atoms. The predicted molar refractivity (Wildman–Crippen MR) is 68.9 cm³/mol. The zero-order valence-corrected chi connectivity index (χ0v) is 10.9. The lowest BCUT2D eigenvalue weighted by Crippen LogP contribution is -1.94. The van der Waals surface area contributed by atoms with E-state index in [1.165, 1.54) is 6.07 Å². The molecule has 0 saturated carbocycles. The van der Waals surface area contributed by atoms with Gasteiger partial charge in [-0.05, 0) is 41.3 Å². The third-order valence-electron chi connectivity index (χ3n) is 2.67. The number of halogens is 3. The van der Waals surface area contributed by atoms with Crippen molar-refractivity contribution < 1.29 is 8.78 Å². The highest BCUT2D eigenvalue weighted by molar-refractivity contribution is 9.10. The lowest BCUT2D eigenvalue weighted by Gasteiger charge is -2.08. The lowest BCUT2D eigenvalue weighted by atomic mass is 10.0. The number of rotatable bonds is 2. The number of benzene rings is 2. The van der Waals surface area contributed by atoms with Crippen LogP contribution in [0.5, 0.6) is 0 Å². The maximum atomic E-state index is 13.5. The fraction of sp³-hybridized carbons (Fsp3) is 0.143. The minimum absolute atomic E-state index is 0.399. The first kappa shape index (κ1) is 12.2. The minimum atomic E-state index is -0.796. The first-order valence-corrected chi connectivity index (χ1v) is 6.15. The van der Waals surface area contributed by atoms with Crippen molar-refractivity contribution in [3.63, 3.8) is 0 Å². The highest BCUT2D eigenvalue weighted by Crippen LogP contribution is 2.30. The molecule has 0 saturated heterocycles. The first-order chi connectivity index (χ1) is 8.13. The van der Waals surface area contributed by atoms with Crippen molar-refractivity contribution in [2.24, 2.45) is 0 Å². The van der Waals surface area contributed by atoms with Gasteiger partial charge in [-0.1, -0.05) is 41.1 Å². The second-order valence-electron chi connectivity index (χ2n) is 3.76. The monoisotopic (exact) mass is 296 g/mol. The van der Waals surface area contributed by atoms with Gasteiger partial charge < -0.3 is 0 Å². The number of aryl methyl sites for hydroxylation is 1. The highest BCUT2D eigenvalue weighted by atomic mass is 79.9. The summed E-state index contributed by atoms with van der Waals surface area (Å²) >= 11 is 3.41. The van der Waals surface area contributed by atoms with Crippen molar-refractivity contribution in [3.05, 3.63) is 58.1 Å². The maximum Gasteiger partial charge on any atom is 0.162 e. The smallest absolute Gasteiger partial charge is 0.162 e. The molecular formula is C14H11BrF2. The lowest BCUT2D eigenvalue weighted by molar-refractivity contribution is 0.500. The standard InChI is InChI=1S/C14H11BrF2/c1-2-9-7-10(8-13(16)14(9)17)11-5-3-4-6-12(11)15/h3-8H,2H2,1H3. The SMILES string of the molecule is CCc1cc(-c2ccccc2Br)cc(F)c1F. The molecule has 0 aliphatic heterocycles. The normalized spacial score (nSPS) is 10.6. The maximum absolute atomic E-state index is 13.5. The van der Waals surface area contributed by atoms with E-state index < -0.39 is 11.6 Å². The van der Waals surface area contributed by atoms with Crippen LogP contribution in [0.4, 0.5) is 8.78 Å². The van der Waals surface area contributed by atoms with Gasteiger partial charge in [-0.25, -0.2) is 8.78 Å². The van der Waals surface area contributed by atoms with Crippen molar-refractivity contribution in [1.29, 1.82) is 0 Å². The molecule has 2 aromatic rings. The van der Waals surface area contributed by atoms with Gasteiger partial charge in [0.2, 0.25) is 0 Å². The van der Waals surface area contributed by atoms with Crippen molar-refractivity contribution in [3.8, 4) is 11.1 Å². The van der Waals surface area contributed by atoms with Crippen LogP contribution in [0, 0.1) is 11.6 Å². The van der Waals surface area contributed by atoms with E-state index in [0.29, 0.717) is 17.5 Å². The van der Waals surface area contributed by atoms with Crippen LogP contribution in [0.3, 0.4) is 0 Å². The van der Waals surface area contributed by atoms with Crippen LogP contribution in [0.15, 0.2) is 40.9 Å². The summed E-state index contributed by atoms with van der Waals surface area (Å²) in [6.07, 6.45) is 0.473. The highest BCUT2D eigenvalue weighted by Gasteiger charge is 2.11.